The number of rotatable bonds is 2. The van der Waals surface area contributed by atoms with Gasteiger partial charge >= 0.3 is 0 Å². The predicted molar refractivity (Wildman–Crippen MR) is 62.2 cm³/mol. The normalized spacial score (nSPS) is 42.1. The van der Waals surface area contributed by atoms with E-state index in [9.17, 15) is 0 Å². The summed E-state index contributed by atoms with van der Waals surface area (Å²) < 4.78 is 0. The predicted octanol–water partition coefficient (Wildman–Crippen LogP) is 4.42. The molecule has 2 aliphatic rings. The molecule has 0 aromatic carbocycles. The van der Waals surface area contributed by atoms with Gasteiger partial charge in [-0.1, -0.05) is 18.9 Å². The first-order chi connectivity index (χ1) is 6.66. The summed E-state index contributed by atoms with van der Waals surface area (Å²) in [4.78, 5) is 0. The Morgan fingerprint density at radius 1 is 1.21 bits per heavy atom. The van der Waals surface area contributed by atoms with Crippen LogP contribution in [0.3, 0.4) is 0 Å². The van der Waals surface area contributed by atoms with Crippen LogP contribution in [0.4, 0.5) is 0 Å². The minimum absolute atomic E-state index is 0.963. The highest BCUT2D eigenvalue weighted by Gasteiger charge is 2.38. The SMILES string of the molecule is C=C(C)CC1CCC(C)C2CCC2C1. The number of allylic oxidation sites excluding steroid dienone is 1. The molecule has 0 nitrogen and oxygen atoms in total. The first kappa shape index (κ1) is 10.3. The third-order valence-electron chi connectivity index (χ3n) is 4.51. The average molecular weight is 192 g/mol. The molecule has 0 N–H and O–H groups in total. The third kappa shape index (κ3) is 2.04. The molecule has 0 heterocycles. The molecular weight excluding hydrogens is 168 g/mol. The lowest BCUT2D eigenvalue weighted by atomic mass is 9.66. The molecule has 2 aliphatic carbocycles. The van der Waals surface area contributed by atoms with E-state index in [4.69, 9.17) is 0 Å². The summed E-state index contributed by atoms with van der Waals surface area (Å²) in [5.41, 5.74) is 1.39. The summed E-state index contributed by atoms with van der Waals surface area (Å²) in [5.74, 6) is 4.14. The van der Waals surface area contributed by atoms with Gasteiger partial charge in [0.15, 0.2) is 0 Å². The Balaban J connectivity index is 1.93. The largest absolute Gasteiger partial charge is 0.100 e. The quantitative estimate of drug-likeness (QED) is 0.568. The van der Waals surface area contributed by atoms with E-state index in [1.165, 1.54) is 44.1 Å². The van der Waals surface area contributed by atoms with Crippen molar-refractivity contribution in [2.75, 3.05) is 0 Å². The smallest absolute Gasteiger partial charge is 0.0297 e. The molecule has 0 aromatic heterocycles. The molecule has 0 spiro atoms. The van der Waals surface area contributed by atoms with Crippen LogP contribution >= 0.6 is 0 Å². The molecular formula is C14H24. The molecule has 4 unspecified atom stereocenters. The van der Waals surface area contributed by atoms with Gasteiger partial charge < -0.3 is 0 Å². The van der Waals surface area contributed by atoms with Gasteiger partial charge in [-0.15, -0.1) is 6.58 Å². The van der Waals surface area contributed by atoms with Gasteiger partial charge in [0.25, 0.3) is 0 Å². The summed E-state index contributed by atoms with van der Waals surface area (Å²) in [6.07, 6.45) is 8.76. The van der Waals surface area contributed by atoms with E-state index in [1.54, 1.807) is 0 Å². The molecule has 2 fully saturated rings. The zero-order valence-corrected chi connectivity index (χ0v) is 9.76. The molecule has 0 aliphatic heterocycles. The summed E-state index contributed by atoms with van der Waals surface area (Å²) in [5, 5.41) is 0. The van der Waals surface area contributed by atoms with Crippen molar-refractivity contribution in [2.45, 2.75) is 52.4 Å². The zero-order valence-electron chi connectivity index (χ0n) is 9.76. The van der Waals surface area contributed by atoms with Crippen molar-refractivity contribution in [3.63, 3.8) is 0 Å². The van der Waals surface area contributed by atoms with Crippen LogP contribution in [0.5, 0.6) is 0 Å². The highest BCUT2D eigenvalue weighted by atomic mass is 14.4. The Morgan fingerprint density at radius 3 is 2.57 bits per heavy atom. The molecule has 14 heavy (non-hydrogen) atoms. The lowest BCUT2D eigenvalue weighted by molar-refractivity contribution is 0.110. The van der Waals surface area contributed by atoms with E-state index in [0.29, 0.717) is 0 Å². The van der Waals surface area contributed by atoms with Crippen LogP contribution in [0.1, 0.15) is 52.4 Å². The Kier molecular flexibility index (Phi) is 2.99. The van der Waals surface area contributed by atoms with E-state index < -0.39 is 0 Å². The molecule has 0 radical (unpaired) electrons. The zero-order chi connectivity index (χ0) is 10.1. The van der Waals surface area contributed by atoms with E-state index in [-0.39, 0.29) is 0 Å². The second-order valence-corrected chi connectivity index (χ2v) is 5.82. The van der Waals surface area contributed by atoms with Gasteiger partial charge in [0, 0.05) is 0 Å². The summed E-state index contributed by atoms with van der Waals surface area (Å²) in [7, 11) is 0. The molecule has 0 aromatic rings. The molecule has 0 heteroatoms. The van der Waals surface area contributed by atoms with Crippen LogP contribution in [0.15, 0.2) is 12.2 Å². The Labute approximate surface area is 88.8 Å². The van der Waals surface area contributed by atoms with Crippen molar-refractivity contribution < 1.29 is 0 Å². The van der Waals surface area contributed by atoms with Crippen LogP contribution in [-0.4, -0.2) is 0 Å². The van der Waals surface area contributed by atoms with Gasteiger partial charge in [-0.25, -0.2) is 0 Å². The first-order valence-corrected chi connectivity index (χ1v) is 6.31. The summed E-state index contributed by atoms with van der Waals surface area (Å²) >= 11 is 0. The van der Waals surface area contributed by atoms with Crippen molar-refractivity contribution in [3.8, 4) is 0 Å². The van der Waals surface area contributed by atoms with Gasteiger partial charge in [0.05, 0.1) is 0 Å². The van der Waals surface area contributed by atoms with Crippen LogP contribution in [0.2, 0.25) is 0 Å². The van der Waals surface area contributed by atoms with Crippen molar-refractivity contribution in [3.05, 3.63) is 12.2 Å². The summed E-state index contributed by atoms with van der Waals surface area (Å²) in [6.45, 7) is 8.72. The van der Waals surface area contributed by atoms with Gasteiger partial charge in [-0.2, -0.15) is 0 Å². The lowest BCUT2D eigenvalue weighted by Crippen LogP contribution is -2.30. The minimum atomic E-state index is 0.963. The van der Waals surface area contributed by atoms with Gasteiger partial charge in [-0.3, -0.25) is 0 Å². The first-order valence-electron chi connectivity index (χ1n) is 6.31. The van der Waals surface area contributed by atoms with Crippen molar-refractivity contribution >= 4 is 0 Å². The van der Waals surface area contributed by atoms with Crippen LogP contribution in [0.25, 0.3) is 0 Å². The van der Waals surface area contributed by atoms with E-state index in [2.05, 4.69) is 20.4 Å². The molecule has 2 saturated carbocycles. The van der Waals surface area contributed by atoms with Gasteiger partial charge in [0.2, 0.25) is 0 Å². The Hall–Kier alpha value is -0.260. The van der Waals surface area contributed by atoms with Crippen molar-refractivity contribution in [1.82, 2.24) is 0 Å². The van der Waals surface area contributed by atoms with Crippen LogP contribution < -0.4 is 0 Å². The molecule has 0 saturated heterocycles. The maximum absolute atomic E-state index is 4.06. The van der Waals surface area contributed by atoms with Crippen LogP contribution in [0, 0.1) is 23.7 Å². The molecule has 4 atom stereocenters. The number of hydrogen-bond donors (Lipinski definition) is 0. The number of fused-ring (bicyclic) bond motifs is 1. The second kappa shape index (κ2) is 4.08. The topological polar surface area (TPSA) is 0 Å². The maximum atomic E-state index is 4.06. The fraction of sp³-hybridized carbons (Fsp3) is 0.857. The van der Waals surface area contributed by atoms with Crippen molar-refractivity contribution in [2.24, 2.45) is 23.7 Å². The molecule has 0 bridgehead atoms. The maximum Gasteiger partial charge on any atom is -0.0297 e. The average Bonchev–Trinajstić information content (AvgIpc) is 2.14. The Morgan fingerprint density at radius 2 is 2.00 bits per heavy atom. The monoisotopic (exact) mass is 192 g/mol. The van der Waals surface area contributed by atoms with E-state index in [0.717, 1.165) is 23.7 Å². The van der Waals surface area contributed by atoms with E-state index in [1.807, 2.05) is 0 Å². The fourth-order valence-electron chi connectivity index (χ4n) is 3.57. The second-order valence-electron chi connectivity index (χ2n) is 5.82. The van der Waals surface area contributed by atoms with Gasteiger partial charge in [-0.05, 0) is 62.7 Å². The standard InChI is InChI=1S/C14H24/c1-10(2)8-12-5-4-11(3)14-7-6-13(14)9-12/h11-14H,1,4-9H2,2-3H3. The Bertz CT molecular complexity index is 216. The molecule has 0 amide bonds. The number of hydrogen-bond acceptors (Lipinski definition) is 0. The lowest BCUT2D eigenvalue weighted by Gasteiger charge is -2.39. The highest BCUT2D eigenvalue weighted by Crippen LogP contribution is 2.48. The van der Waals surface area contributed by atoms with E-state index >= 15 is 0 Å². The summed E-state index contributed by atoms with van der Waals surface area (Å²) in [6, 6.07) is 0. The fourth-order valence-corrected chi connectivity index (χ4v) is 3.57. The molecule has 80 valence electrons. The third-order valence-corrected chi connectivity index (χ3v) is 4.51. The molecule has 2 rings (SSSR count). The van der Waals surface area contributed by atoms with Crippen LogP contribution in [-0.2, 0) is 0 Å². The van der Waals surface area contributed by atoms with Crippen molar-refractivity contribution in [1.29, 1.82) is 0 Å². The van der Waals surface area contributed by atoms with Gasteiger partial charge in [0.1, 0.15) is 0 Å². The minimum Gasteiger partial charge on any atom is -0.100 e. The highest BCUT2D eigenvalue weighted by molar-refractivity contribution is 4.95.